The first-order valence-corrected chi connectivity index (χ1v) is 23.6. The van der Waals surface area contributed by atoms with E-state index in [0.29, 0.717) is 23.0 Å². The van der Waals surface area contributed by atoms with E-state index in [-0.39, 0.29) is 0 Å². The average molecular weight is 959 g/mol. The van der Waals surface area contributed by atoms with Crippen molar-refractivity contribution < 1.29 is 37.9 Å². The van der Waals surface area contributed by atoms with Crippen molar-refractivity contribution in [1.29, 1.82) is 0 Å². The fourth-order valence-corrected chi connectivity index (χ4v) is 10.1. The molecule has 0 N–H and O–H groups in total. The SMILES string of the molecule is COc1ccc(C(=[N+]=C2C(c3ccc(OC)cc3)(c3ccc(OC)cc3)C([N-]C(c3ccc(OC)cc3)c3ccc(OC)cc3)C2(c2ccc(OC)cc2)c2ccc(OC)cc2)c2ccc(OC)cc2)cc1. The maximum Gasteiger partial charge on any atom is 0.341 e. The molecule has 0 aromatic heterocycles. The van der Waals surface area contributed by atoms with E-state index in [9.17, 15) is 0 Å². The summed E-state index contributed by atoms with van der Waals surface area (Å²) in [5.41, 5.74) is 6.83. The van der Waals surface area contributed by atoms with Crippen LogP contribution in [0.1, 0.15) is 50.5 Å². The van der Waals surface area contributed by atoms with E-state index in [1.165, 1.54) is 0 Å². The van der Waals surface area contributed by atoms with Crippen LogP contribution >= 0.6 is 0 Å². The number of hydrogen-bond acceptors (Lipinski definition) is 8. The Morgan fingerprint density at radius 3 is 0.792 bits per heavy atom. The van der Waals surface area contributed by atoms with E-state index in [2.05, 4.69) is 97.1 Å². The van der Waals surface area contributed by atoms with Gasteiger partial charge in [0.05, 0.1) is 68.0 Å². The maximum absolute atomic E-state index is 6.33. The molecule has 0 radical (unpaired) electrons. The van der Waals surface area contributed by atoms with Crippen molar-refractivity contribution in [2.24, 2.45) is 0 Å². The second-order valence-corrected chi connectivity index (χ2v) is 17.3. The van der Waals surface area contributed by atoms with Crippen LogP contribution in [0.25, 0.3) is 5.32 Å². The third-order valence-electron chi connectivity index (χ3n) is 13.9. The highest BCUT2D eigenvalue weighted by Gasteiger charge is 2.74. The summed E-state index contributed by atoms with van der Waals surface area (Å²) in [6.45, 7) is 0. The molecule has 0 bridgehead atoms. The fraction of sp³-hybridized carbons (Fsp3) is 0.194. The summed E-state index contributed by atoms with van der Waals surface area (Å²) in [7, 11) is 13.4. The van der Waals surface area contributed by atoms with Gasteiger partial charge >= 0.3 is 11.4 Å². The van der Waals surface area contributed by atoms with E-state index in [1.807, 2.05) is 97.1 Å². The van der Waals surface area contributed by atoms with Crippen molar-refractivity contribution in [3.05, 3.63) is 244 Å². The van der Waals surface area contributed by atoms with Gasteiger partial charge in [0.1, 0.15) is 56.8 Å². The van der Waals surface area contributed by atoms with Crippen molar-refractivity contribution >= 4 is 11.4 Å². The predicted octanol–water partition coefficient (Wildman–Crippen LogP) is 11.6. The van der Waals surface area contributed by atoms with Gasteiger partial charge in [-0.15, -0.1) is 0 Å². The molecule has 72 heavy (non-hydrogen) atoms. The minimum absolute atomic E-state index is 0.522. The molecule has 1 saturated carbocycles. The summed E-state index contributed by atoms with van der Waals surface area (Å²) in [5.74, 6) is 5.78. The first-order chi connectivity index (χ1) is 35.3. The monoisotopic (exact) mass is 958 g/mol. The quantitative estimate of drug-likeness (QED) is 0.0619. The first-order valence-electron chi connectivity index (χ1n) is 23.6. The van der Waals surface area contributed by atoms with Crippen LogP contribution in [0.5, 0.6) is 46.0 Å². The third kappa shape index (κ3) is 8.87. The van der Waals surface area contributed by atoms with E-state index >= 15 is 0 Å². The van der Waals surface area contributed by atoms with Crippen LogP contribution in [-0.4, -0.2) is 74.3 Å². The topological polar surface area (TPSA) is 102 Å². The Kier molecular flexibility index (Phi) is 14.4. The fourth-order valence-electron chi connectivity index (χ4n) is 10.1. The zero-order chi connectivity index (χ0) is 50.2. The summed E-state index contributed by atoms with van der Waals surface area (Å²) in [5, 5.41) is 6.33. The molecule has 364 valence electrons. The van der Waals surface area contributed by atoms with E-state index < -0.39 is 22.9 Å². The molecular formula is C62H58N2O8. The largest absolute Gasteiger partial charge is 0.646 e. The van der Waals surface area contributed by atoms with Gasteiger partial charge in [-0.3, -0.25) is 0 Å². The average Bonchev–Trinajstić information content (AvgIpc) is 3.45. The van der Waals surface area contributed by atoms with Gasteiger partial charge in [-0.05, 0) is 144 Å². The minimum atomic E-state index is -1.10. The van der Waals surface area contributed by atoms with Crippen molar-refractivity contribution in [3.63, 3.8) is 0 Å². The summed E-state index contributed by atoms with van der Waals surface area (Å²) >= 11 is 0. The summed E-state index contributed by atoms with van der Waals surface area (Å²) in [4.78, 5) is 0. The van der Waals surface area contributed by atoms with Gasteiger partial charge in [0.25, 0.3) is 0 Å². The number of hydrogen-bond donors (Lipinski definition) is 0. The molecule has 0 amide bonds. The lowest BCUT2D eigenvalue weighted by atomic mass is 9.39. The number of nitrogens with zero attached hydrogens (tertiary/aromatic N) is 2. The highest BCUT2D eigenvalue weighted by molar-refractivity contribution is 6.22. The van der Waals surface area contributed by atoms with Gasteiger partial charge in [-0.2, -0.15) is 0 Å². The van der Waals surface area contributed by atoms with Crippen molar-refractivity contribution in [1.82, 2.24) is 4.67 Å². The minimum Gasteiger partial charge on any atom is -0.646 e. The summed E-state index contributed by atoms with van der Waals surface area (Å²) in [6, 6.07) is 64.5. The Hall–Kier alpha value is -8.43. The zero-order valence-electron chi connectivity index (χ0n) is 41.8. The molecule has 0 atom stereocenters. The smallest absolute Gasteiger partial charge is 0.341 e. The number of methoxy groups -OCH3 is 8. The van der Waals surface area contributed by atoms with Crippen molar-refractivity contribution in [2.45, 2.75) is 22.9 Å². The van der Waals surface area contributed by atoms with E-state index in [4.69, 9.17) is 47.9 Å². The molecule has 10 heteroatoms. The molecule has 1 aliphatic rings. The highest BCUT2D eigenvalue weighted by atomic mass is 16.5. The lowest BCUT2D eigenvalue weighted by Gasteiger charge is -2.66. The molecule has 0 heterocycles. The molecule has 0 unspecified atom stereocenters. The molecule has 0 aliphatic heterocycles. The number of rotatable bonds is 18. The Labute approximate surface area is 422 Å². The molecule has 8 aromatic carbocycles. The molecule has 9 rings (SSSR count). The van der Waals surface area contributed by atoms with Gasteiger partial charge in [0.15, 0.2) is 0 Å². The van der Waals surface area contributed by atoms with Crippen LogP contribution in [0.4, 0.5) is 0 Å². The number of ether oxygens (including phenoxy) is 8. The highest BCUT2D eigenvalue weighted by Crippen LogP contribution is 2.65. The van der Waals surface area contributed by atoms with Crippen LogP contribution in [0.2, 0.25) is 0 Å². The Morgan fingerprint density at radius 1 is 0.333 bits per heavy atom. The van der Waals surface area contributed by atoms with Crippen LogP contribution < -0.4 is 42.6 Å². The molecular weight excluding hydrogens is 901 g/mol. The second kappa shape index (κ2) is 21.3. The molecule has 1 fully saturated rings. The van der Waals surface area contributed by atoms with Crippen LogP contribution in [0.15, 0.2) is 194 Å². The third-order valence-corrected chi connectivity index (χ3v) is 13.9. The van der Waals surface area contributed by atoms with Crippen LogP contribution in [-0.2, 0) is 10.8 Å². The lowest BCUT2D eigenvalue weighted by Crippen LogP contribution is -2.76. The van der Waals surface area contributed by atoms with Crippen molar-refractivity contribution in [2.75, 3.05) is 56.9 Å². The second-order valence-electron chi connectivity index (χ2n) is 17.3. The Bertz CT molecular complexity index is 2830. The predicted molar refractivity (Wildman–Crippen MR) is 285 cm³/mol. The van der Waals surface area contributed by atoms with E-state index in [0.717, 1.165) is 78.9 Å². The molecule has 10 nitrogen and oxygen atoms in total. The summed E-state index contributed by atoms with van der Waals surface area (Å²) in [6.07, 6.45) is 0. The van der Waals surface area contributed by atoms with Gasteiger partial charge in [0, 0.05) is 0 Å². The van der Waals surface area contributed by atoms with Gasteiger partial charge in [0.2, 0.25) is 0 Å². The lowest BCUT2D eigenvalue weighted by molar-refractivity contribution is 0.346. The van der Waals surface area contributed by atoms with Crippen LogP contribution in [0, 0.1) is 0 Å². The van der Waals surface area contributed by atoms with Gasteiger partial charge in [-0.1, -0.05) is 101 Å². The molecule has 1 aliphatic carbocycles. The van der Waals surface area contributed by atoms with Gasteiger partial charge in [-0.25, -0.2) is 0 Å². The normalized spacial score (nSPS) is 14.3. The van der Waals surface area contributed by atoms with Crippen LogP contribution in [0.3, 0.4) is 0 Å². The first kappa shape index (κ1) is 48.6. The van der Waals surface area contributed by atoms with Gasteiger partial charge < -0.3 is 43.2 Å². The van der Waals surface area contributed by atoms with E-state index in [1.54, 1.807) is 56.9 Å². The maximum atomic E-state index is 6.33. The molecule has 8 aromatic rings. The molecule has 0 spiro atoms. The Morgan fingerprint density at radius 2 is 0.556 bits per heavy atom. The molecule has 0 saturated heterocycles. The number of benzene rings is 8. The zero-order valence-corrected chi connectivity index (χ0v) is 41.8. The summed E-state index contributed by atoms with van der Waals surface area (Å²) < 4.78 is 52.4. The van der Waals surface area contributed by atoms with Crippen molar-refractivity contribution in [3.8, 4) is 46.0 Å². The Balaban J connectivity index is 1.51. The standard InChI is InChI=1S/C62H58N2O8/c1-65-49-25-9-41(10-26-49)57(42-11-27-50(66-2)28-12-42)63-59-61(45-17-33-53(69-5)34-18-45,46-19-35-54(70-6)36-20-46)60(62(59,47-21-37-55(71-7)38-22-47)48-23-39-56(72-8)40-24-48)64-58(43-13-29-51(67-3)30-14-43)44-15-31-52(68-4)32-16-44/h9-40,57,59H,1-8H3.